The summed E-state index contributed by atoms with van der Waals surface area (Å²) in [4.78, 5) is 13.2. The fraction of sp³-hybridized carbons (Fsp3) is 0.824. The third-order valence-electron chi connectivity index (χ3n) is 5.16. The summed E-state index contributed by atoms with van der Waals surface area (Å²) >= 11 is 0. The second kappa shape index (κ2) is 7.41. The van der Waals surface area contributed by atoms with Gasteiger partial charge in [0.25, 0.3) is 0 Å². The molecule has 1 amide bonds. The molecule has 1 fully saturated rings. The van der Waals surface area contributed by atoms with Gasteiger partial charge in [0.2, 0.25) is 5.91 Å². The van der Waals surface area contributed by atoms with Crippen LogP contribution in [0, 0.1) is 17.8 Å². The van der Waals surface area contributed by atoms with Crippen LogP contribution in [0.25, 0.3) is 0 Å². The monoisotopic (exact) mass is 295 g/mol. The molecule has 0 aromatic rings. The quantitative estimate of drug-likeness (QED) is 0.557. The van der Waals surface area contributed by atoms with Gasteiger partial charge in [0.05, 0.1) is 6.10 Å². The van der Waals surface area contributed by atoms with Gasteiger partial charge in [0, 0.05) is 27.1 Å². The molecule has 0 radical (unpaired) electrons. The maximum Gasteiger partial charge on any atom is 0.222 e. The van der Waals surface area contributed by atoms with Crippen LogP contribution in [0.2, 0.25) is 0 Å². The Morgan fingerprint density at radius 3 is 2.81 bits per heavy atom. The molecule has 2 rings (SSSR count). The van der Waals surface area contributed by atoms with E-state index in [1.165, 1.54) is 5.57 Å². The Morgan fingerprint density at radius 2 is 2.14 bits per heavy atom. The van der Waals surface area contributed by atoms with E-state index in [-0.39, 0.29) is 24.5 Å². The molecule has 1 saturated carbocycles. The third kappa shape index (κ3) is 4.07. The number of fused-ring (bicyclic) bond motifs is 1. The van der Waals surface area contributed by atoms with E-state index in [1.54, 1.807) is 19.0 Å². The number of amides is 1. The Morgan fingerprint density at radius 1 is 1.38 bits per heavy atom. The SMILES string of the molecule is CN(C)C(=O)CCCCC1=C[C@@H]2C[C@@H](O)[C@@H](CCO)[C@H]2C1. The zero-order chi connectivity index (χ0) is 15.4. The van der Waals surface area contributed by atoms with Crippen LogP contribution < -0.4 is 0 Å². The Hall–Kier alpha value is -0.870. The molecule has 0 aromatic heterocycles. The summed E-state index contributed by atoms with van der Waals surface area (Å²) in [6.45, 7) is 0.174. The number of unbranched alkanes of at least 4 members (excludes halogenated alkanes) is 1. The second-order valence-electron chi connectivity index (χ2n) is 6.83. The Bertz CT molecular complexity index is 391. The molecule has 120 valence electrons. The highest BCUT2D eigenvalue weighted by molar-refractivity contribution is 5.75. The van der Waals surface area contributed by atoms with Gasteiger partial charge in [-0.2, -0.15) is 0 Å². The molecule has 0 bridgehead atoms. The summed E-state index contributed by atoms with van der Waals surface area (Å²) in [6, 6.07) is 0. The molecule has 0 aliphatic heterocycles. The largest absolute Gasteiger partial charge is 0.396 e. The van der Waals surface area contributed by atoms with Crippen LogP contribution >= 0.6 is 0 Å². The van der Waals surface area contributed by atoms with E-state index in [2.05, 4.69) is 6.08 Å². The summed E-state index contributed by atoms with van der Waals surface area (Å²) in [5.41, 5.74) is 1.50. The van der Waals surface area contributed by atoms with Crippen molar-refractivity contribution in [2.45, 2.75) is 51.0 Å². The van der Waals surface area contributed by atoms with Crippen LogP contribution in [0.4, 0.5) is 0 Å². The lowest BCUT2D eigenvalue weighted by Crippen LogP contribution is -2.21. The third-order valence-corrected chi connectivity index (χ3v) is 5.16. The van der Waals surface area contributed by atoms with Crippen molar-refractivity contribution in [3.05, 3.63) is 11.6 Å². The molecule has 2 aliphatic carbocycles. The van der Waals surface area contributed by atoms with Crippen molar-refractivity contribution in [3.63, 3.8) is 0 Å². The summed E-state index contributed by atoms with van der Waals surface area (Å²) in [7, 11) is 3.60. The molecule has 0 unspecified atom stereocenters. The predicted molar refractivity (Wildman–Crippen MR) is 82.7 cm³/mol. The lowest BCUT2D eigenvalue weighted by Gasteiger charge is -2.20. The van der Waals surface area contributed by atoms with E-state index in [0.717, 1.165) is 38.5 Å². The van der Waals surface area contributed by atoms with Gasteiger partial charge < -0.3 is 15.1 Å². The first-order chi connectivity index (χ1) is 10.0. The maximum atomic E-state index is 11.5. The summed E-state index contributed by atoms with van der Waals surface area (Å²) in [6.07, 6.45) is 8.52. The van der Waals surface area contributed by atoms with Gasteiger partial charge in [0.1, 0.15) is 0 Å². The van der Waals surface area contributed by atoms with Crippen molar-refractivity contribution in [1.82, 2.24) is 4.90 Å². The molecular weight excluding hydrogens is 266 g/mol. The van der Waals surface area contributed by atoms with Gasteiger partial charge in [-0.05, 0) is 56.3 Å². The first-order valence-corrected chi connectivity index (χ1v) is 8.21. The zero-order valence-electron chi connectivity index (χ0n) is 13.3. The Labute approximate surface area is 127 Å². The topological polar surface area (TPSA) is 60.8 Å². The normalized spacial score (nSPS) is 31.1. The number of carbonyl (C=O) groups excluding carboxylic acids is 1. The second-order valence-corrected chi connectivity index (χ2v) is 6.83. The van der Waals surface area contributed by atoms with Crippen molar-refractivity contribution in [2.24, 2.45) is 17.8 Å². The highest BCUT2D eigenvalue weighted by atomic mass is 16.3. The van der Waals surface area contributed by atoms with Gasteiger partial charge in [-0.25, -0.2) is 0 Å². The maximum absolute atomic E-state index is 11.5. The first kappa shape index (κ1) is 16.5. The number of hydrogen-bond donors (Lipinski definition) is 2. The highest BCUT2D eigenvalue weighted by Crippen LogP contribution is 2.48. The minimum absolute atomic E-state index is 0.174. The van der Waals surface area contributed by atoms with E-state index in [4.69, 9.17) is 5.11 Å². The van der Waals surface area contributed by atoms with Crippen LogP contribution in [-0.2, 0) is 4.79 Å². The smallest absolute Gasteiger partial charge is 0.222 e. The first-order valence-electron chi connectivity index (χ1n) is 8.21. The molecule has 0 saturated heterocycles. The van der Waals surface area contributed by atoms with Gasteiger partial charge in [-0.15, -0.1) is 0 Å². The van der Waals surface area contributed by atoms with Crippen molar-refractivity contribution in [1.29, 1.82) is 0 Å². The zero-order valence-corrected chi connectivity index (χ0v) is 13.3. The standard InChI is InChI=1S/C17H29NO3/c1-18(2)17(21)6-4-3-5-12-9-13-11-16(20)14(7-8-19)15(13)10-12/h9,13-16,19-20H,3-8,10-11H2,1-2H3/t13-,14+,15+,16-/m1/s1. The molecule has 0 heterocycles. The van der Waals surface area contributed by atoms with Crippen molar-refractivity contribution >= 4 is 5.91 Å². The minimum atomic E-state index is -0.234. The number of aliphatic hydroxyl groups excluding tert-OH is 2. The molecule has 2 aliphatic rings. The Kier molecular flexibility index (Phi) is 5.82. The van der Waals surface area contributed by atoms with Crippen molar-refractivity contribution < 1.29 is 15.0 Å². The van der Waals surface area contributed by atoms with Crippen LogP contribution in [0.1, 0.15) is 44.9 Å². The van der Waals surface area contributed by atoms with Crippen LogP contribution in [-0.4, -0.2) is 47.8 Å². The molecule has 2 N–H and O–H groups in total. The van der Waals surface area contributed by atoms with E-state index in [1.807, 2.05) is 0 Å². The van der Waals surface area contributed by atoms with Crippen LogP contribution in [0.5, 0.6) is 0 Å². The molecule has 4 nitrogen and oxygen atoms in total. The number of rotatable bonds is 7. The molecule has 0 aromatic carbocycles. The van der Waals surface area contributed by atoms with E-state index in [0.29, 0.717) is 18.3 Å². The molecule has 21 heavy (non-hydrogen) atoms. The van der Waals surface area contributed by atoms with Crippen LogP contribution in [0.15, 0.2) is 11.6 Å². The predicted octanol–water partition coefficient (Wildman–Crippen LogP) is 1.96. The Balaban J connectivity index is 1.73. The minimum Gasteiger partial charge on any atom is -0.396 e. The molecule has 4 atom stereocenters. The van der Waals surface area contributed by atoms with Crippen LogP contribution in [0.3, 0.4) is 0 Å². The van der Waals surface area contributed by atoms with Gasteiger partial charge in [-0.1, -0.05) is 11.6 Å². The van der Waals surface area contributed by atoms with Crippen molar-refractivity contribution in [2.75, 3.05) is 20.7 Å². The number of hydrogen-bond acceptors (Lipinski definition) is 3. The number of carbonyl (C=O) groups is 1. The molecule has 4 heteroatoms. The summed E-state index contributed by atoms with van der Waals surface area (Å²) < 4.78 is 0. The molecular formula is C17H29NO3. The molecule has 0 spiro atoms. The summed E-state index contributed by atoms with van der Waals surface area (Å²) in [5, 5.41) is 19.2. The van der Waals surface area contributed by atoms with Gasteiger partial charge in [0.15, 0.2) is 0 Å². The average Bonchev–Trinajstić information content (AvgIpc) is 2.94. The lowest BCUT2D eigenvalue weighted by atomic mass is 9.87. The van der Waals surface area contributed by atoms with Gasteiger partial charge in [-0.3, -0.25) is 4.79 Å². The fourth-order valence-corrected chi connectivity index (χ4v) is 3.99. The number of aliphatic hydroxyl groups is 2. The van der Waals surface area contributed by atoms with Gasteiger partial charge >= 0.3 is 0 Å². The van der Waals surface area contributed by atoms with E-state index >= 15 is 0 Å². The van der Waals surface area contributed by atoms with E-state index in [9.17, 15) is 9.90 Å². The van der Waals surface area contributed by atoms with Crippen molar-refractivity contribution in [3.8, 4) is 0 Å². The number of allylic oxidation sites excluding steroid dienone is 2. The van der Waals surface area contributed by atoms with E-state index < -0.39 is 0 Å². The lowest BCUT2D eigenvalue weighted by molar-refractivity contribution is -0.128. The highest BCUT2D eigenvalue weighted by Gasteiger charge is 2.43. The average molecular weight is 295 g/mol. The summed E-state index contributed by atoms with van der Waals surface area (Å²) in [5.74, 6) is 1.52. The fourth-order valence-electron chi connectivity index (χ4n) is 3.99. The number of nitrogens with zero attached hydrogens (tertiary/aromatic N) is 1.